The molecule has 0 aromatic heterocycles. The van der Waals surface area contributed by atoms with Gasteiger partial charge in [-0.05, 0) is 30.3 Å². The number of methoxy groups -OCH3 is 2. The number of hydrazone groups is 1. The van der Waals surface area contributed by atoms with E-state index in [0.29, 0.717) is 17.1 Å². The van der Waals surface area contributed by atoms with Crippen molar-refractivity contribution in [2.75, 3.05) is 19.6 Å². The van der Waals surface area contributed by atoms with Crippen LogP contribution in [0.1, 0.15) is 15.9 Å². The maximum atomic E-state index is 13.0. The molecule has 138 valence electrons. The van der Waals surface area contributed by atoms with Gasteiger partial charge in [0.25, 0.3) is 0 Å². The maximum Gasteiger partial charge on any atom is 0.201 e. The first kappa shape index (κ1) is 19.9. The highest BCUT2D eigenvalue weighted by molar-refractivity contribution is 9.10. The van der Waals surface area contributed by atoms with Crippen LogP contribution in [-0.2, 0) is 0 Å². The molecule has 0 aliphatic carbocycles. The van der Waals surface area contributed by atoms with E-state index in [1.54, 1.807) is 30.3 Å². The van der Waals surface area contributed by atoms with E-state index in [1.807, 2.05) is 0 Å². The first-order valence-electron chi connectivity index (χ1n) is 7.55. The molecule has 2 aromatic rings. The van der Waals surface area contributed by atoms with Crippen LogP contribution in [0.2, 0.25) is 0 Å². The van der Waals surface area contributed by atoms with Crippen LogP contribution in [0.15, 0.2) is 46.0 Å². The van der Waals surface area contributed by atoms with Crippen LogP contribution in [0, 0.1) is 16.7 Å². The van der Waals surface area contributed by atoms with Crippen molar-refractivity contribution >= 4 is 38.9 Å². The van der Waals surface area contributed by atoms with E-state index in [2.05, 4.69) is 26.5 Å². The molecule has 0 bridgehead atoms. The van der Waals surface area contributed by atoms with Gasteiger partial charge in [-0.2, -0.15) is 10.4 Å². The van der Waals surface area contributed by atoms with Gasteiger partial charge in [-0.1, -0.05) is 15.9 Å². The highest BCUT2D eigenvalue weighted by Crippen LogP contribution is 2.34. The quantitative estimate of drug-likeness (QED) is 0.268. The van der Waals surface area contributed by atoms with Crippen LogP contribution in [-0.4, -0.2) is 31.6 Å². The molecule has 0 saturated heterocycles. The van der Waals surface area contributed by atoms with E-state index >= 15 is 0 Å². The minimum absolute atomic E-state index is 0.250. The molecule has 0 unspecified atom stereocenters. The van der Waals surface area contributed by atoms with E-state index in [9.17, 15) is 4.79 Å². The summed E-state index contributed by atoms with van der Waals surface area (Å²) in [6.07, 6.45) is 0. The number of nitrogens with zero attached hydrogens (tertiary/aromatic N) is 2. The fourth-order valence-electron chi connectivity index (χ4n) is 2.18. The Morgan fingerprint density at radius 3 is 2.33 bits per heavy atom. The Morgan fingerprint density at radius 2 is 1.81 bits per heavy atom. The maximum absolute atomic E-state index is 13.0. The standard InChI is InChI=1S/C18H16BrN5O3/c1-26-15-7-12(17(25)10-3-5-11(19)6-4-10)13(8-16(15)27-2)23-24-14(9-20)18(21)22/h3-8,23H,1-2H3,(H3,21,22)/b24-14+. The monoisotopic (exact) mass is 429 g/mol. The van der Waals surface area contributed by atoms with Crippen molar-refractivity contribution in [2.24, 2.45) is 10.8 Å². The predicted molar refractivity (Wildman–Crippen MR) is 106 cm³/mol. The number of nitriles is 1. The largest absolute Gasteiger partial charge is 0.493 e. The molecule has 0 amide bonds. The van der Waals surface area contributed by atoms with E-state index < -0.39 is 5.84 Å². The van der Waals surface area contributed by atoms with Crippen molar-refractivity contribution in [3.8, 4) is 17.6 Å². The summed E-state index contributed by atoms with van der Waals surface area (Å²) in [6, 6.07) is 11.6. The van der Waals surface area contributed by atoms with Gasteiger partial charge in [-0.15, -0.1) is 0 Å². The van der Waals surface area contributed by atoms with Gasteiger partial charge >= 0.3 is 0 Å². The summed E-state index contributed by atoms with van der Waals surface area (Å²) in [5, 5.41) is 20.1. The van der Waals surface area contributed by atoms with Crippen LogP contribution in [0.25, 0.3) is 0 Å². The number of carbonyl (C=O) groups excluding carboxylic acids is 1. The first-order chi connectivity index (χ1) is 12.9. The number of anilines is 1. The SMILES string of the molecule is COc1cc(N/N=C(\C#N)C(=N)N)c(C(=O)c2ccc(Br)cc2)cc1OC. The van der Waals surface area contributed by atoms with Gasteiger partial charge in [0.05, 0.1) is 25.5 Å². The van der Waals surface area contributed by atoms with Gasteiger partial charge in [0.2, 0.25) is 5.71 Å². The molecule has 0 spiro atoms. The number of hydrogen-bond acceptors (Lipinski definition) is 7. The number of nitrogens with two attached hydrogens (primary N) is 1. The third-order valence-corrected chi connectivity index (χ3v) is 4.05. The second-order valence-corrected chi connectivity index (χ2v) is 6.10. The zero-order valence-electron chi connectivity index (χ0n) is 14.5. The molecule has 0 fully saturated rings. The number of hydrogen-bond donors (Lipinski definition) is 3. The zero-order valence-corrected chi connectivity index (χ0v) is 16.1. The summed E-state index contributed by atoms with van der Waals surface area (Å²) in [4.78, 5) is 13.0. The number of halogens is 1. The topological polar surface area (TPSA) is 134 Å². The van der Waals surface area contributed by atoms with Gasteiger partial charge in [0, 0.05) is 16.1 Å². The molecule has 27 heavy (non-hydrogen) atoms. The number of carbonyl (C=O) groups is 1. The summed E-state index contributed by atoms with van der Waals surface area (Å²) in [5.74, 6) is -0.0581. The lowest BCUT2D eigenvalue weighted by Gasteiger charge is -2.14. The lowest BCUT2D eigenvalue weighted by molar-refractivity contribution is 0.103. The molecule has 2 rings (SSSR count). The summed E-state index contributed by atoms with van der Waals surface area (Å²) in [5.41, 5.74) is 8.56. The van der Waals surface area contributed by atoms with Gasteiger partial charge in [0.15, 0.2) is 23.1 Å². The van der Waals surface area contributed by atoms with E-state index in [1.165, 1.54) is 26.4 Å². The molecular weight excluding hydrogens is 414 g/mol. The Labute approximate surface area is 164 Å². The molecule has 4 N–H and O–H groups in total. The summed E-state index contributed by atoms with van der Waals surface area (Å²) in [6.45, 7) is 0. The first-order valence-corrected chi connectivity index (χ1v) is 8.35. The third kappa shape index (κ3) is 4.62. The van der Waals surface area contributed by atoms with Crippen molar-refractivity contribution in [3.05, 3.63) is 52.0 Å². The van der Waals surface area contributed by atoms with E-state index in [0.717, 1.165) is 4.47 Å². The summed E-state index contributed by atoms with van der Waals surface area (Å²) < 4.78 is 11.4. The highest BCUT2D eigenvalue weighted by Gasteiger charge is 2.19. The second-order valence-electron chi connectivity index (χ2n) is 5.19. The molecule has 0 aliphatic rings. The molecule has 8 nitrogen and oxygen atoms in total. The van der Waals surface area contributed by atoms with Crippen molar-refractivity contribution in [1.29, 1.82) is 10.7 Å². The zero-order chi connectivity index (χ0) is 20.0. The second kappa shape index (κ2) is 8.82. The van der Waals surface area contributed by atoms with Crippen molar-refractivity contribution in [3.63, 3.8) is 0 Å². The molecule has 0 heterocycles. The van der Waals surface area contributed by atoms with Crippen LogP contribution >= 0.6 is 15.9 Å². The Kier molecular flexibility index (Phi) is 6.51. The Balaban J connectivity index is 2.56. The van der Waals surface area contributed by atoms with Gasteiger partial charge in [0.1, 0.15) is 6.07 Å². The molecule has 2 aromatic carbocycles. The van der Waals surface area contributed by atoms with Crippen LogP contribution in [0.5, 0.6) is 11.5 Å². The Bertz CT molecular complexity index is 949. The molecule has 0 radical (unpaired) electrons. The Hall–Kier alpha value is -3.38. The lowest BCUT2D eigenvalue weighted by atomic mass is 10.0. The molecular formula is C18H16BrN5O3. The molecule has 9 heteroatoms. The van der Waals surface area contributed by atoms with Crippen molar-refractivity contribution in [2.45, 2.75) is 0 Å². The van der Waals surface area contributed by atoms with Gasteiger partial charge in [-0.3, -0.25) is 15.6 Å². The molecule has 0 atom stereocenters. The summed E-state index contributed by atoms with van der Waals surface area (Å²) >= 11 is 3.33. The smallest absolute Gasteiger partial charge is 0.201 e. The average molecular weight is 430 g/mol. The number of ketones is 1. The van der Waals surface area contributed by atoms with Crippen LogP contribution < -0.4 is 20.6 Å². The number of rotatable bonds is 7. The minimum Gasteiger partial charge on any atom is -0.493 e. The van der Waals surface area contributed by atoms with Crippen LogP contribution in [0.3, 0.4) is 0 Å². The van der Waals surface area contributed by atoms with E-state index in [-0.39, 0.29) is 22.7 Å². The summed E-state index contributed by atoms with van der Waals surface area (Å²) in [7, 11) is 2.91. The Morgan fingerprint density at radius 1 is 1.22 bits per heavy atom. The fraction of sp³-hybridized carbons (Fsp3) is 0.111. The van der Waals surface area contributed by atoms with Gasteiger partial charge < -0.3 is 15.2 Å². The van der Waals surface area contributed by atoms with E-state index in [4.69, 9.17) is 25.9 Å². The average Bonchev–Trinajstić information content (AvgIpc) is 2.67. The lowest BCUT2D eigenvalue weighted by Crippen LogP contribution is -2.22. The van der Waals surface area contributed by atoms with Crippen LogP contribution in [0.4, 0.5) is 5.69 Å². The van der Waals surface area contributed by atoms with Gasteiger partial charge in [-0.25, -0.2) is 0 Å². The number of nitrogens with one attached hydrogen (secondary N) is 2. The number of amidine groups is 1. The number of benzene rings is 2. The minimum atomic E-state index is -0.494. The third-order valence-electron chi connectivity index (χ3n) is 3.52. The number of ether oxygens (including phenoxy) is 2. The fourth-order valence-corrected chi connectivity index (χ4v) is 2.44. The molecule has 0 saturated carbocycles. The molecule has 0 aliphatic heterocycles. The highest BCUT2D eigenvalue weighted by atomic mass is 79.9. The predicted octanol–water partition coefficient (Wildman–Crippen LogP) is 2.92. The van der Waals surface area contributed by atoms with Crippen molar-refractivity contribution < 1.29 is 14.3 Å². The normalized spacial score (nSPS) is 10.7. The van der Waals surface area contributed by atoms with Crippen molar-refractivity contribution in [1.82, 2.24) is 0 Å².